The lowest BCUT2D eigenvalue weighted by atomic mass is 9.80. The molecule has 0 bridgehead atoms. The second-order valence-corrected chi connectivity index (χ2v) is 7.47. The minimum atomic E-state index is -0.531. The monoisotopic (exact) mass is 508 g/mol. The van der Waals surface area contributed by atoms with Gasteiger partial charge in [-0.1, -0.05) is 15.9 Å². The van der Waals surface area contributed by atoms with Crippen molar-refractivity contribution in [1.29, 1.82) is 0 Å². The zero-order valence-electron chi connectivity index (χ0n) is 14.0. The number of hydrogen-bond acceptors (Lipinski definition) is 3. The van der Waals surface area contributed by atoms with Crippen molar-refractivity contribution in [3.8, 4) is 0 Å². The summed E-state index contributed by atoms with van der Waals surface area (Å²) in [4.78, 5) is 6.67. The van der Waals surface area contributed by atoms with Gasteiger partial charge >= 0.3 is 0 Å². The molecule has 7 heteroatoms. The highest BCUT2D eigenvalue weighted by atomic mass is 127. The lowest BCUT2D eigenvalue weighted by molar-refractivity contribution is -0.0279. The van der Waals surface area contributed by atoms with Gasteiger partial charge in [-0.3, -0.25) is 4.99 Å². The molecule has 0 amide bonds. The molecule has 2 aliphatic rings. The Morgan fingerprint density at radius 2 is 2.08 bits per heavy atom. The molecule has 3 rings (SSSR count). The standard InChI is InChI=1S/C17H25BrN4O.HI/c1-19-16(20-12-17(23)8-2-9-17)21-14-7-10-22(11-14)15-5-3-13(18)4-6-15;/h3-6,14,23H,2,7-12H2,1H3,(H2,19,20,21);1H. The Morgan fingerprint density at radius 3 is 2.67 bits per heavy atom. The molecule has 1 atom stereocenters. The highest BCUT2D eigenvalue weighted by Gasteiger charge is 2.34. The number of nitrogens with zero attached hydrogens (tertiary/aromatic N) is 2. The molecule has 134 valence electrons. The SMILES string of the molecule is CN=C(NCC1(O)CCC1)NC1CCN(c2ccc(Br)cc2)C1.I. The van der Waals surface area contributed by atoms with E-state index in [1.54, 1.807) is 7.05 Å². The highest BCUT2D eigenvalue weighted by Crippen LogP contribution is 2.30. The van der Waals surface area contributed by atoms with Gasteiger partial charge in [0.1, 0.15) is 0 Å². The quantitative estimate of drug-likeness (QED) is 0.332. The third-order valence-corrected chi connectivity index (χ3v) is 5.34. The van der Waals surface area contributed by atoms with Crippen molar-refractivity contribution in [2.45, 2.75) is 37.3 Å². The molecule has 1 heterocycles. The van der Waals surface area contributed by atoms with E-state index in [4.69, 9.17) is 0 Å². The lowest BCUT2D eigenvalue weighted by Gasteiger charge is -2.37. The van der Waals surface area contributed by atoms with Crippen LogP contribution in [0.5, 0.6) is 0 Å². The Kier molecular flexibility index (Phi) is 7.18. The topological polar surface area (TPSA) is 59.9 Å². The maximum Gasteiger partial charge on any atom is 0.191 e. The first-order chi connectivity index (χ1) is 11.1. The third-order valence-electron chi connectivity index (χ3n) is 4.81. The summed E-state index contributed by atoms with van der Waals surface area (Å²) in [6.07, 6.45) is 3.98. The van der Waals surface area contributed by atoms with Gasteiger partial charge in [0.05, 0.1) is 5.60 Å². The van der Waals surface area contributed by atoms with Gasteiger partial charge in [0, 0.05) is 42.9 Å². The first kappa shape index (κ1) is 19.8. The predicted molar refractivity (Wildman–Crippen MR) is 113 cm³/mol. The summed E-state index contributed by atoms with van der Waals surface area (Å²) >= 11 is 3.48. The Balaban J connectivity index is 0.00000208. The maximum absolute atomic E-state index is 10.2. The van der Waals surface area contributed by atoms with Gasteiger partial charge in [0.25, 0.3) is 0 Å². The number of aliphatic imine (C=N–C) groups is 1. The molecule has 3 N–H and O–H groups in total. The van der Waals surface area contributed by atoms with Crippen LogP contribution in [0.1, 0.15) is 25.7 Å². The van der Waals surface area contributed by atoms with E-state index in [0.717, 1.165) is 49.2 Å². The number of anilines is 1. The normalized spacial score (nSPS) is 22.5. The smallest absolute Gasteiger partial charge is 0.191 e. The van der Waals surface area contributed by atoms with Crippen LogP contribution >= 0.6 is 39.9 Å². The van der Waals surface area contributed by atoms with E-state index in [1.165, 1.54) is 5.69 Å². The molecule has 0 radical (unpaired) electrons. The van der Waals surface area contributed by atoms with Crippen LogP contribution < -0.4 is 15.5 Å². The van der Waals surface area contributed by atoms with Crippen LogP contribution in [-0.2, 0) is 0 Å². The van der Waals surface area contributed by atoms with Crippen LogP contribution in [-0.4, -0.2) is 49.4 Å². The van der Waals surface area contributed by atoms with Gasteiger partial charge in [0.15, 0.2) is 5.96 Å². The van der Waals surface area contributed by atoms with E-state index in [9.17, 15) is 5.11 Å². The largest absolute Gasteiger partial charge is 0.388 e. The molecule has 2 fully saturated rings. The second kappa shape index (κ2) is 8.71. The molecule has 0 spiro atoms. The highest BCUT2D eigenvalue weighted by molar-refractivity contribution is 14.0. The number of rotatable bonds is 4. The molecule has 1 aliphatic heterocycles. The summed E-state index contributed by atoms with van der Waals surface area (Å²) in [5, 5.41) is 16.9. The first-order valence-electron chi connectivity index (χ1n) is 8.28. The van der Waals surface area contributed by atoms with Gasteiger partial charge in [-0.05, 0) is 49.9 Å². The van der Waals surface area contributed by atoms with E-state index in [-0.39, 0.29) is 24.0 Å². The lowest BCUT2D eigenvalue weighted by Crippen LogP contribution is -2.52. The molecule has 5 nitrogen and oxygen atoms in total. The number of hydrogen-bond donors (Lipinski definition) is 3. The van der Waals surface area contributed by atoms with Gasteiger partial charge < -0.3 is 20.6 Å². The molecular weight excluding hydrogens is 483 g/mol. The van der Waals surface area contributed by atoms with Gasteiger partial charge in [-0.15, -0.1) is 24.0 Å². The Hall–Kier alpha value is -0.540. The van der Waals surface area contributed by atoms with Crippen LogP contribution in [0.25, 0.3) is 0 Å². The van der Waals surface area contributed by atoms with E-state index >= 15 is 0 Å². The van der Waals surface area contributed by atoms with Gasteiger partial charge in [-0.2, -0.15) is 0 Å². The van der Waals surface area contributed by atoms with E-state index < -0.39 is 5.60 Å². The summed E-state index contributed by atoms with van der Waals surface area (Å²) in [7, 11) is 1.78. The summed E-state index contributed by atoms with van der Waals surface area (Å²) < 4.78 is 1.11. The third kappa shape index (κ3) is 4.98. The predicted octanol–water partition coefficient (Wildman–Crippen LogP) is 2.73. The van der Waals surface area contributed by atoms with E-state index in [1.807, 2.05) is 0 Å². The van der Waals surface area contributed by atoms with Crippen LogP contribution in [0.2, 0.25) is 0 Å². The minimum absolute atomic E-state index is 0. The Bertz CT molecular complexity index is 562. The van der Waals surface area contributed by atoms with Crippen molar-refractivity contribution in [1.82, 2.24) is 10.6 Å². The van der Waals surface area contributed by atoms with Crippen LogP contribution in [0.4, 0.5) is 5.69 Å². The van der Waals surface area contributed by atoms with Crippen molar-refractivity contribution in [2.24, 2.45) is 4.99 Å². The zero-order valence-corrected chi connectivity index (χ0v) is 17.9. The second-order valence-electron chi connectivity index (χ2n) is 6.56. The summed E-state index contributed by atoms with van der Waals surface area (Å²) in [5.41, 5.74) is 0.723. The molecule has 1 aromatic rings. The molecule has 24 heavy (non-hydrogen) atoms. The zero-order chi connectivity index (χ0) is 16.3. The molecule has 1 saturated carbocycles. The molecule has 0 aromatic heterocycles. The average molecular weight is 509 g/mol. The minimum Gasteiger partial charge on any atom is -0.388 e. The number of benzene rings is 1. The average Bonchev–Trinajstić information content (AvgIpc) is 2.98. The fourth-order valence-electron chi connectivity index (χ4n) is 3.16. The number of halogens is 2. The van der Waals surface area contributed by atoms with Crippen LogP contribution in [0.3, 0.4) is 0 Å². The number of nitrogens with one attached hydrogen (secondary N) is 2. The number of guanidine groups is 1. The van der Waals surface area contributed by atoms with Gasteiger partial charge in [0.2, 0.25) is 0 Å². The van der Waals surface area contributed by atoms with Crippen molar-refractivity contribution in [3.05, 3.63) is 28.7 Å². The molecule has 1 aliphatic carbocycles. The molecule has 1 aromatic carbocycles. The molecule has 1 saturated heterocycles. The Morgan fingerprint density at radius 1 is 1.38 bits per heavy atom. The maximum atomic E-state index is 10.2. The Labute approximate surface area is 169 Å². The number of aliphatic hydroxyl groups is 1. The fourth-order valence-corrected chi connectivity index (χ4v) is 3.43. The summed E-state index contributed by atoms with van der Waals surface area (Å²) in [5.74, 6) is 0.785. The van der Waals surface area contributed by atoms with Crippen molar-refractivity contribution >= 4 is 51.6 Å². The first-order valence-corrected chi connectivity index (χ1v) is 9.07. The van der Waals surface area contributed by atoms with Crippen LogP contribution in [0.15, 0.2) is 33.7 Å². The van der Waals surface area contributed by atoms with Crippen molar-refractivity contribution in [2.75, 3.05) is 31.6 Å². The van der Waals surface area contributed by atoms with Crippen LogP contribution in [0, 0.1) is 0 Å². The fraction of sp³-hybridized carbons (Fsp3) is 0.588. The summed E-state index contributed by atoms with van der Waals surface area (Å²) in [6.45, 7) is 2.59. The van der Waals surface area contributed by atoms with E-state index in [0.29, 0.717) is 12.6 Å². The molecular formula is C17H26BrIN4O. The van der Waals surface area contributed by atoms with E-state index in [2.05, 4.69) is 60.7 Å². The van der Waals surface area contributed by atoms with Crippen molar-refractivity contribution in [3.63, 3.8) is 0 Å². The molecule has 1 unspecified atom stereocenters. The van der Waals surface area contributed by atoms with Gasteiger partial charge in [-0.25, -0.2) is 0 Å². The summed E-state index contributed by atoms with van der Waals surface area (Å²) in [6, 6.07) is 8.82. The van der Waals surface area contributed by atoms with Crippen molar-refractivity contribution < 1.29 is 5.11 Å².